The van der Waals surface area contributed by atoms with Gasteiger partial charge in [-0.15, -0.1) is 0 Å². The number of rotatable bonds is 4. The fraction of sp³-hybridized carbons (Fsp3) is 0.500. The molecule has 0 saturated heterocycles. The second-order valence-electron chi connectivity index (χ2n) is 4.29. The molecule has 1 amide bonds. The summed E-state index contributed by atoms with van der Waals surface area (Å²) in [6.45, 7) is 5.75. The van der Waals surface area contributed by atoms with Crippen molar-refractivity contribution in [2.45, 2.75) is 32.6 Å². The summed E-state index contributed by atoms with van der Waals surface area (Å²) < 4.78 is 39.7. The van der Waals surface area contributed by atoms with Gasteiger partial charge in [0.15, 0.2) is 0 Å². The highest BCUT2D eigenvalue weighted by atomic mass is 19.4. The Labute approximate surface area is 109 Å². The van der Waals surface area contributed by atoms with Crippen molar-refractivity contribution in [3.8, 4) is 0 Å². The predicted octanol–water partition coefficient (Wildman–Crippen LogP) is 2.19. The maximum atomic E-state index is 12.8. The van der Waals surface area contributed by atoms with Crippen molar-refractivity contribution in [3.63, 3.8) is 0 Å². The molecule has 19 heavy (non-hydrogen) atoms. The van der Waals surface area contributed by atoms with Crippen molar-refractivity contribution < 1.29 is 18.0 Å². The zero-order valence-electron chi connectivity index (χ0n) is 11.0. The summed E-state index contributed by atoms with van der Waals surface area (Å²) in [5.74, 6) is -0.760. The van der Waals surface area contributed by atoms with E-state index in [1.807, 2.05) is 0 Å². The highest BCUT2D eigenvalue weighted by molar-refractivity contribution is 5.87. The quantitative estimate of drug-likeness (QED) is 0.790. The summed E-state index contributed by atoms with van der Waals surface area (Å²) in [7, 11) is 1.62. The fourth-order valence-electron chi connectivity index (χ4n) is 1.69. The SMILES string of the molecule is C=CC(=O)N(Cc1cc(C)nn1C)[C@H](C)C(F)(F)F. The molecule has 1 rings (SSSR count). The number of nitrogens with zero attached hydrogens (tertiary/aromatic N) is 3. The third kappa shape index (κ3) is 3.59. The van der Waals surface area contributed by atoms with E-state index in [0.29, 0.717) is 11.4 Å². The smallest absolute Gasteiger partial charge is 0.321 e. The molecule has 0 bridgehead atoms. The first-order valence-corrected chi connectivity index (χ1v) is 5.66. The summed E-state index contributed by atoms with van der Waals surface area (Å²) in [5, 5.41) is 4.04. The fourth-order valence-corrected chi connectivity index (χ4v) is 1.69. The molecule has 1 atom stereocenters. The predicted molar refractivity (Wildman–Crippen MR) is 64.2 cm³/mol. The van der Waals surface area contributed by atoms with Gasteiger partial charge in [0.2, 0.25) is 5.91 Å². The Morgan fingerprint density at radius 3 is 2.58 bits per heavy atom. The van der Waals surface area contributed by atoms with Crippen LogP contribution < -0.4 is 0 Å². The Morgan fingerprint density at radius 2 is 2.21 bits per heavy atom. The zero-order valence-corrected chi connectivity index (χ0v) is 11.0. The third-order valence-electron chi connectivity index (χ3n) is 2.83. The van der Waals surface area contributed by atoms with Gasteiger partial charge in [0.05, 0.1) is 17.9 Å². The molecule has 0 saturated carbocycles. The number of halogens is 3. The largest absolute Gasteiger partial charge is 0.408 e. The molecule has 1 aromatic heterocycles. The van der Waals surface area contributed by atoms with Crippen molar-refractivity contribution >= 4 is 5.91 Å². The first-order chi connectivity index (χ1) is 8.66. The first-order valence-electron chi connectivity index (χ1n) is 5.66. The van der Waals surface area contributed by atoms with E-state index < -0.39 is 18.1 Å². The average molecular weight is 275 g/mol. The van der Waals surface area contributed by atoms with E-state index in [-0.39, 0.29) is 6.54 Å². The van der Waals surface area contributed by atoms with E-state index in [1.165, 1.54) is 4.68 Å². The van der Waals surface area contributed by atoms with Crippen LogP contribution >= 0.6 is 0 Å². The number of hydrogen-bond donors (Lipinski definition) is 0. The number of carbonyl (C=O) groups is 1. The van der Waals surface area contributed by atoms with E-state index in [1.54, 1.807) is 20.0 Å². The molecular formula is C12H16F3N3O. The highest BCUT2D eigenvalue weighted by Gasteiger charge is 2.41. The number of hydrogen-bond acceptors (Lipinski definition) is 2. The molecule has 0 spiro atoms. The van der Waals surface area contributed by atoms with Crippen LogP contribution in [-0.2, 0) is 18.4 Å². The third-order valence-corrected chi connectivity index (χ3v) is 2.83. The van der Waals surface area contributed by atoms with Crippen molar-refractivity contribution in [3.05, 3.63) is 30.1 Å². The summed E-state index contributed by atoms with van der Waals surface area (Å²) in [5.41, 5.74) is 1.21. The minimum Gasteiger partial charge on any atom is -0.321 e. The van der Waals surface area contributed by atoms with Gasteiger partial charge in [0.25, 0.3) is 0 Å². The lowest BCUT2D eigenvalue weighted by Gasteiger charge is -2.29. The van der Waals surface area contributed by atoms with Crippen molar-refractivity contribution in [2.24, 2.45) is 7.05 Å². The lowest BCUT2D eigenvalue weighted by atomic mass is 10.2. The molecule has 7 heteroatoms. The van der Waals surface area contributed by atoms with Crippen LogP contribution in [0, 0.1) is 6.92 Å². The number of aryl methyl sites for hydroxylation is 2. The van der Waals surface area contributed by atoms with Crippen LogP contribution in [0.4, 0.5) is 13.2 Å². The van der Waals surface area contributed by atoms with Gasteiger partial charge in [-0.1, -0.05) is 6.58 Å². The van der Waals surface area contributed by atoms with Crippen LogP contribution in [0.25, 0.3) is 0 Å². The number of amides is 1. The maximum absolute atomic E-state index is 12.8. The highest BCUT2D eigenvalue weighted by Crippen LogP contribution is 2.26. The van der Waals surface area contributed by atoms with E-state index in [9.17, 15) is 18.0 Å². The Morgan fingerprint density at radius 1 is 1.63 bits per heavy atom. The summed E-state index contributed by atoms with van der Waals surface area (Å²) in [6.07, 6.45) is -3.60. The van der Waals surface area contributed by atoms with E-state index >= 15 is 0 Å². The Balaban J connectivity index is 3.02. The number of aromatic nitrogens is 2. The summed E-state index contributed by atoms with van der Waals surface area (Å²) in [6, 6.07) is -0.236. The van der Waals surface area contributed by atoms with Gasteiger partial charge in [-0.25, -0.2) is 0 Å². The summed E-state index contributed by atoms with van der Waals surface area (Å²) >= 11 is 0. The van der Waals surface area contributed by atoms with Crippen LogP contribution in [0.3, 0.4) is 0 Å². The molecule has 0 aliphatic carbocycles. The first kappa shape index (κ1) is 15.3. The molecule has 1 heterocycles. The molecule has 0 radical (unpaired) electrons. The second-order valence-corrected chi connectivity index (χ2v) is 4.29. The molecule has 0 fully saturated rings. The molecule has 4 nitrogen and oxygen atoms in total. The van der Waals surface area contributed by atoms with Gasteiger partial charge in [-0.05, 0) is 26.0 Å². The minimum atomic E-state index is -4.48. The normalized spacial score (nSPS) is 13.2. The number of alkyl halides is 3. The lowest BCUT2D eigenvalue weighted by molar-refractivity contribution is -0.185. The second kappa shape index (κ2) is 5.46. The number of carbonyl (C=O) groups excluding carboxylic acids is 1. The van der Waals surface area contributed by atoms with E-state index in [4.69, 9.17) is 0 Å². The molecule has 0 aliphatic rings. The molecule has 0 aromatic carbocycles. The van der Waals surface area contributed by atoms with Gasteiger partial charge >= 0.3 is 6.18 Å². The molecule has 0 aliphatic heterocycles. The Bertz CT molecular complexity index is 479. The minimum absolute atomic E-state index is 0.164. The van der Waals surface area contributed by atoms with E-state index in [2.05, 4.69) is 11.7 Å². The Kier molecular flexibility index (Phi) is 4.39. The standard InChI is InChI=1S/C12H16F3N3O/c1-5-11(19)18(9(3)12(13,14)15)7-10-6-8(2)16-17(10)4/h5-6,9H,1,7H2,2-4H3/t9-/m1/s1. The van der Waals surface area contributed by atoms with Gasteiger partial charge < -0.3 is 4.90 Å². The molecule has 0 N–H and O–H groups in total. The molecular weight excluding hydrogens is 259 g/mol. The molecule has 0 unspecified atom stereocenters. The lowest BCUT2D eigenvalue weighted by Crippen LogP contribution is -2.46. The van der Waals surface area contributed by atoms with Gasteiger partial charge in [-0.3, -0.25) is 9.48 Å². The van der Waals surface area contributed by atoms with Crippen LogP contribution in [0.15, 0.2) is 18.7 Å². The summed E-state index contributed by atoms with van der Waals surface area (Å²) in [4.78, 5) is 12.3. The van der Waals surface area contributed by atoms with Gasteiger partial charge in [0, 0.05) is 7.05 Å². The monoisotopic (exact) mass is 275 g/mol. The van der Waals surface area contributed by atoms with Crippen LogP contribution in [0.5, 0.6) is 0 Å². The van der Waals surface area contributed by atoms with Crippen LogP contribution in [0.2, 0.25) is 0 Å². The van der Waals surface area contributed by atoms with Gasteiger partial charge in [0.1, 0.15) is 6.04 Å². The molecule has 1 aromatic rings. The Hall–Kier alpha value is -1.79. The van der Waals surface area contributed by atoms with Crippen molar-refractivity contribution in [2.75, 3.05) is 0 Å². The van der Waals surface area contributed by atoms with Crippen LogP contribution in [0.1, 0.15) is 18.3 Å². The zero-order chi connectivity index (χ0) is 14.8. The van der Waals surface area contributed by atoms with Gasteiger partial charge in [-0.2, -0.15) is 18.3 Å². The topological polar surface area (TPSA) is 38.1 Å². The maximum Gasteiger partial charge on any atom is 0.408 e. The van der Waals surface area contributed by atoms with E-state index in [0.717, 1.165) is 17.9 Å². The van der Waals surface area contributed by atoms with Crippen molar-refractivity contribution in [1.82, 2.24) is 14.7 Å². The molecule has 106 valence electrons. The van der Waals surface area contributed by atoms with Crippen LogP contribution in [-0.4, -0.2) is 32.8 Å². The average Bonchev–Trinajstić information content (AvgIpc) is 2.61. The van der Waals surface area contributed by atoms with Crippen molar-refractivity contribution in [1.29, 1.82) is 0 Å².